The van der Waals surface area contributed by atoms with Gasteiger partial charge in [0.05, 0.1) is 0 Å². The molecular formula is C22H33ClIN5O3. The molecule has 8 nitrogen and oxygen atoms in total. The molecule has 1 aliphatic rings. The van der Waals surface area contributed by atoms with Crippen molar-refractivity contribution in [1.29, 1.82) is 0 Å². The predicted molar refractivity (Wildman–Crippen MR) is 137 cm³/mol. The first-order valence-electron chi connectivity index (χ1n) is 11.0. The molecule has 10 heteroatoms. The second-order valence-electron chi connectivity index (χ2n) is 7.44. The van der Waals surface area contributed by atoms with Crippen LogP contribution in [0.15, 0.2) is 33.8 Å². The van der Waals surface area contributed by atoms with Crippen LogP contribution < -0.4 is 10.6 Å². The smallest absolute Gasteiger partial charge is 0.228 e. The molecular weight excluding hydrogens is 545 g/mol. The Balaban J connectivity index is 0.00000363. The maximum absolute atomic E-state index is 5.92. The van der Waals surface area contributed by atoms with Gasteiger partial charge in [0.25, 0.3) is 0 Å². The fourth-order valence-corrected chi connectivity index (χ4v) is 3.35. The molecule has 1 aromatic heterocycles. The van der Waals surface area contributed by atoms with E-state index in [4.69, 9.17) is 25.6 Å². The van der Waals surface area contributed by atoms with Crippen molar-refractivity contribution in [2.24, 2.45) is 10.9 Å². The largest absolute Gasteiger partial charge is 0.381 e. The van der Waals surface area contributed by atoms with Crippen LogP contribution in [0.4, 0.5) is 0 Å². The van der Waals surface area contributed by atoms with Gasteiger partial charge in [-0.3, -0.25) is 4.99 Å². The number of rotatable bonds is 11. The minimum Gasteiger partial charge on any atom is -0.381 e. The summed E-state index contributed by atoms with van der Waals surface area (Å²) in [5.41, 5.74) is 0.876. The lowest BCUT2D eigenvalue weighted by molar-refractivity contribution is 0.0205. The highest BCUT2D eigenvalue weighted by Crippen LogP contribution is 2.18. The van der Waals surface area contributed by atoms with Gasteiger partial charge in [0.2, 0.25) is 11.7 Å². The molecule has 1 fully saturated rings. The van der Waals surface area contributed by atoms with E-state index in [1.165, 1.54) is 0 Å². The van der Waals surface area contributed by atoms with E-state index in [9.17, 15) is 0 Å². The average molecular weight is 578 g/mol. The Labute approximate surface area is 211 Å². The summed E-state index contributed by atoms with van der Waals surface area (Å²) in [6.45, 7) is 7.49. The van der Waals surface area contributed by atoms with Gasteiger partial charge >= 0.3 is 0 Å². The van der Waals surface area contributed by atoms with Crippen molar-refractivity contribution < 1.29 is 14.0 Å². The van der Waals surface area contributed by atoms with Crippen molar-refractivity contribution in [1.82, 2.24) is 20.8 Å². The van der Waals surface area contributed by atoms with Crippen molar-refractivity contribution in [2.45, 2.75) is 32.6 Å². The Bertz CT molecular complexity index is 797. The highest BCUT2D eigenvalue weighted by atomic mass is 127. The fourth-order valence-electron chi connectivity index (χ4n) is 3.22. The number of hydrogen-bond donors (Lipinski definition) is 2. The van der Waals surface area contributed by atoms with Crippen LogP contribution in [0, 0.1) is 5.92 Å². The fraction of sp³-hybridized carbons (Fsp3) is 0.591. The van der Waals surface area contributed by atoms with E-state index in [0.29, 0.717) is 42.2 Å². The Kier molecular flexibility index (Phi) is 12.9. The Morgan fingerprint density at radius 2 is 2.00 bits per heavy atom. The molecule has 0 atom stereocenters. The average Bonchev–Trinajstić information content (AvgIpc) is 3.26. The van der Waals surface area contributed by atoms with E-state index in [-0.39, 0.29) is 24.0 Å². The number of benzene rings is 1. The van der Waals surface area contributed by atoms with E-state index in [0.717, 1.165) is 63.8 Å². The van der Waals surface area contributed by atoms with Crippen LogP contribution >= 0.6 is 35.6 Å². The maximum atomic E-state index is 5.92. The van der Waals surface area contributed by atoms with Gasteiger partial charge in [0.1, 0.15) is 0 Å². The predicted octanol–water partition coefficient (Wildman–Crippen LogP) is 3.94. The van der Waals surface area contributed by atoms with Gasteiger partial charge in [-0.15, -0.1) is 24.0 Å². The normalized spacial score (nSPS) is 14.8. The molecule has 0 bridgehead atoms. The molecule has 3 rings (SSSR count). The van der Waals surface area contributed by atoms with Crippen LogP contribution in [0.25, 0.3) is 11.4 Å². The zero-order chi connectivity index (χ0) is 21.7. The van der Waals surface area contributed by atoms with Crippen LogP contribution in [0.1, 0.15) is 32.1 Å². The quantitative estimate of drug-likeness (QED) is 0.181. The van der Waals surface area contributed by atoms with Gasteiger partial charge in [0, 0.05) is 63.1 Å². The second kappa shape index (κ2) is 15.4. The molecule has 1 saturated heterocycles. The lowest BCUT2D eigenvalue weighted by atomic mass is 10.0. The molecule has 178 valence electrons. The minimum atomic E-state index is 0. The number of aromatic nitrogens is 2. The molecule has 2 heterocycles. The van der Waals surface area contributed by atoms with E-state index < -0.39 is 0 Å². The van der Waals surface area contributed by atoms with Crippen LogP contribution in [0.5, 0.6) is 0 Å². The molecule has 32 heavy (non-hydrogen) atoms. The van der Waals surface area contributed by atoms with Crippen LogP contribution in [0.3, 0.4) is 0 Å². The number of halogens is 2. The van der Waals surface area contributed by atoms with Gasteiger partial charge in [-0.25, -0.2) is 0 Å². The number of nitrogens with one attached hydrogen (secondary N) is 2. The van der Waals surface area contributed by atoms with Crippen molar-refractivity contribution in [3.63, 3.8) is 0 Å². The van der Waals surface area contributed by atoms with E-state index in [1.807, 2.05) is 31.2 Å². The number of nitrogens with zero attached hydrogens (tertiary/aromatic N) is 3. The highest BCUT2D eigenvalue weighted by molar-refractivity contribution is 14.0. The number of guanidine groups is 1. The summed E-state index contributed by atoms with van der Waals surface area (Å²) in [6.07, 6.45) is 3.72. The number of hydrogen-bond acceptors (Lipinski definition) is 6. The topological polar surface area (TPSA) is 93.8 Å². The first-order valence-corrected chi connectivity index (χ1v) is 11.4. The first-order chi connectivity index (χ1) is 15.2. The molecule has 0 radical (unpaired) electrons. The van der Waals surface area contributed by atoms with Gasteiger partial charge < -0.3 is 24.6 Å². The number of ether oxygens (including phenoxy) is 2. The molecule has 0 amide bonds. The SMILES string of the molecule is CCNC(=NCCCOCC1CCOCC1)NCCc1nc(-c2ccc(Cl)cc2)no1.I. The second-order valence-corrected chi connectivity index (χ2v) is 7.88. The summed E-state index contributed by atoms with van der Waals surface area (Å²) in [4.78, 5) is 9.05. The summed E-state index contributed by atoms with van der Waals surface area (Å²) < 4.78 is 16.5. The van der Waals surface area contributed by atoms with Crippen molar-refractivity contribution >= 4 is 41.5 Å². The van der Waals surface area contributed by atoms with Crippen LogP contribution in [0.2, 0.25) is 5.02 Å². The summed E-state index contributed by atoms with van der Waals surface area (Å²) in [5, 5.41) is 11.3. The zero-order valence-electron chi connectivity index (χ0n) is 18.5. The van der Waals surface area contributed by atoms with Gasteiger partial charge in [-0.1, -0.05) is 16.8 Å². The molecule has 1 aromatic carbocycles. The van der Waals surface area contributed by atoms with Crippen molar-refractivity contribution in [3.05, 3.63) is 35.2 Å². The summed E-state index contributed by atoms with van der Waals surface area (Å²) in [5.74, 6) is 2.56. The molecule has 0 unspecified atom stereocenters. The third-order valence-corrected chi connectivity index (χ3v) is 5.21. The standard InChI is InChI=1S/C22H32ClN5O3.HI/c1-2-24-22(25-11-3-13-30-16-17-9-14-29-15-10-17)26-12-8-20-27-21(28-31-20)18-4-6-19(23)7-5-18;/h4-7,17H,2-3,8-16H2,1H3,(H2,24,25,26);1H. The van der Waals surface area contributed by atoms with E-state index in [2.05, 4.69) is 25.8 Å². The molecule has 2 aromatic rings. The lowest BCUT2D eigenvalue weighted by Gasteiger charge is -2.21. The molecule has 0 spiro atoms. The zero-order valence-corrected chi connectivity index (χ0v) is 21.6. The summed E-state index contributed by atoms with van der Waals surface area (Å²) >= 11 is 5.92. The summed E-state index contributed by atoms with van der Waals surface area (Å²) in [7, 11) is 0. The number of aliphatic imine (C=N–C) groups is 1. The van der Waals surface area contributed by atoms with Gasteiger partial charge in [-0.2, -0.15) is 4.98 Å². The Hall–Kier alpha value is -1.43. The third kappa shape index (κ3) is 9.60. The summed E-state index contributed by atoms with van der Waals surface area (Å²) in [6, 6.07) is 7.37. The Morgan fingerprint density at radius 3 is 2.75 bits per heavy atom. The van der Waals surface area contributed by atoms with Gasteiger partial charge in [0.15, 0.2) is 5.96 Å². The first kappa shape index (κ1) is 26.8. The van der Waals surface area contributed by atoms with E-state index in [1.54, 1.807) is 0 Å². The van der Waals surface area contributed by atoms with Crippen LogP contribution in [-0.2, 0) is 15.9 Å². The lowest BCUT2D eigenvalue weighted by Crippen LogP contribution is -2.38. The van der Waals surface area contributed by atoms with Crippen molar-refractivity contribution in [2.75, 3.05) is 46.1 Å². The van der Waals surface area contributed by atoms with Crippen molar-refractivity contribution in [3.8, 4) is 11.4 Å². The molecule has 2 N–H and O–H groups in total. The molecule has 1 aliphatic heterocycles. The minimum absolute atomic E-state index is 0. The monoisotopic (exact) mass is 577 g/mol. The molecule has 0 saturated carbocycles. The maximum Gasteiger partial charge on any atom is 0.228 e. The Morgan fingerprint density at radius 1 is 1.22 bits per heavy atom. The molecule has 0 aliphatic carbocycles. The van der Waals surface area contributed by atoms with E-state index >= 15 is 0 Å². The van der Waals surface area contributed by atoms with Crippen LogP contribution in [-0.4, -0.2) is 62.2 Å². The third-order valence-electron chi connectivity index (χ3n) is 4.96. The van der Waals surface area contributed by atoms with Gasteiger partial charge in [-0.05, 0) is 56.4 Å². The highest BCUT2D eigenvalue weighted by Gasteiger charge is 2.13.